The van der Waals surface area contributed by atoms with Gasteiger partial charge < -0.3 is 9.84 Å². The van der Waals surface area contributed by atoms with Crippen LogP contribution in [0.1, 0.15) is 31.2 Å². The molecule has 104 valence electrons. The highest BCUT2D eigenvalue weighted by atomic mass is 16.5. The maximum atomic E-state index is 12.2. The Morgan fingerprint density at radius 2 is 1.65 bits per heavy atom. The Labute approximate surface area is 125 Å². The largest absolute Gasteiger partial charge is 0.479 e. The molecule has 2 aromatic carbocycles. The van der Waals surface area contributed by atoms with Gasteiger partial charge in [0.1, 0.15) is 0 Å². The number of ether oxygens (including phenoxy) is 1. The second-order valence-electron chi connectivity index (χ2n) is 4.18. The van der Waals surface area contributed by atoms with Gasteiger partial charge in [-0.15, -0.1) is 0 Å². The van der Waals surface area contributed by atoms with Crippen molar-refractivity contribution in [3.63, 3.8) is 0 Å². The summed E-state index contributed by atoms with van der Waals surface area (Å²) in [4.78, 5) is 12.2. The van der Waals surface area contributed by atoms with E-state index >= 15 is 0 Å². The Morgan fingerprint density at radius 1 is 1.15 bits per heavy atom. The van der Waals surface area contributed by atoms with E-state index in [-0.39, 0.29) is 11.1 Å². The van der Waals surface area contributed by atoms with Crippen LogP contribution in [-0.4, -0.2) is 17.7 Å². The van der Waals surface area contributed by atoms with Crippen molar-refractivity contribution in [3.8, 4) is 0 Å². The maximum Gasteiger partial charge on any atom is 0.345 e. The molecular weight excluding hydrogens is 252 g/mol. The quantitative estimate of drug-likeness (QED) is 0.878. The van der Waals surface area contributed by atoms with Gasteiger partial charge in [0.15, 0.2) is 0 Å². The van der Waals surface area contributed by atoms with E-state index in [0.717, 1.165) is 0 Å². The van der Waals surface area contributed by atoms with Gasteiger partial charge in [-0.1, -0.05) is 67.5 Å². The molecule has 2 aromatic rings. The predicted molar refractivity (Wildman–Crippen MR) is 77.5 cm³/mol. The third-order valence-corrected chi connectivity index (χ3v) is 3.02. The van der Waals surface area contributed by atoms with Crippen molar-refractivity contribution in [2.24, 2.45) is 0 Å². The van der Waals surface area contributed by atoms with Crippen LogP contribution >= 0.6 is 0 Å². The fraction of sp³-hybridized carbons (Fsp3) is 0.235. The molecule has 0 radical (unpaired) electrons. The SMILES string of the molecule is [2H]C([2H])([2H])C([2H])([2H])COC(C(=O)O)(c1ccccc1)c1ccccc1. The zero-order chi connectivity index (χ0) is 18.7. The van der Waals surface area contributed by atoms with Crippen molar-refractivity contribution in [1.82, 2.24) is 0 Å². The summed E-state index contributed by atoms with van der Waals surface area (Å²) in [5, 5.41) is 9.94. The number of rotatable bonds is 6. The number of carboxylic acids is 1. The highest BCUT2D eigenvalue weighted by molar-refractivity contribution is 5.84. The summed E-state index contributed by atoms with van der Waals surface area (Å²) in [6.45, 7) is -3.84. The molecular formula is C17H18O3. The van der Waals surface area contributed by atoms with Crippen LogP contribution in [0, 0.1) is 0 Å². The van der Waals surface area contributed by atoms with Gasteiger partial charge in [-0.2, -0.15) is 0 Å². The first-order chi connectivity index (χ1) is 11.6. The monoisotopic (exact) mass is 275 g/mol. The van der Waals surface area contributed by atoms with Crippen LogP contribution in [0.4, 0.5) is 0 Å². The van der Waals surface area contributed by atoms with E-state index in [1.54, 1.807) is 60.7 Å². The van der Waals surface area contributed by atoms with Gasteiger partial charge in [0.05, 0.1) is 0 Å². The number of carboxylic acid groups (broad SMARTS) is 1. The van der Waals surface area contributed by atoms with Crippen LogP contribution in [0.3, 0.4) is 0 Å². The normalized spacial score (nSPS) is 16.3. The third-order valence-electron chi connectivity index (χ3n) is 3.02. The minimum atomic E-state index is -2.94. The lowest BCUT2D eigenvalue weighted by molar-refractivity contribution is -0.161. The zero-order valence-corrected chi connectivity index (χ0v) is 10.7. The second-order valence-corrected chi connectivity index (χ2v) is 4.18. The first-order valence-electron chi connectivity index (χ1n) is 8.60. The number of carbonyl (C=O) groups is 1. The topological polar surface area (TPSA) is 46.5 Å². The summed E-state index contributed by atoms with van der Waals surface area (Å²) >= 11 is 0. The van der Waals surface area contributed by atoms with Crippen molar-refractivity contribution >= 4 is 5.97 Å². The lowest BCUT2D eigenvalue weighted by Gasteiger charge is -2.30. The minimum absolute atomic E-state index is 0.273. The lowest BCUT2D eigenvalue weighted by atomic mass is 9.86. The molecule has 0 aliphatic rings. The maximum absolute atomic E-state index is 12.2. The van der Waals surface area contributed by atoms with Crippen LogP contribution in [-0.2, 0) is 15.1 Å². The Bertz CT molecular complexity index is 675. The molecule has 0 fully saturated rings. The second kappa shape index (κ2) is 6.35. The van der Waals surface area contributed by atoms with E-state index in [1.165, 1.54) is 0 Å². The van der Waals surface area contributed by atoms with Crippen LogP contribution in [0.15, 0.2) is 60.7 Å². The number of hydrogen-bond acceptors (Lipinski definition) is 2. The molecule has 0 spiro atoms. The molecule has 0 saturated heterocycles. The molecule has 0 heterocycles. The van der Waals surface area contributed by atoms with E-state index in [2.05, 4.69) is 0 Å². The summed E-state index contributed by atoms with van der Waals surface area (Å²) in [5.74, 6) is -1.36. The smallest absolute Gasteiger partial charge is 0.345 e. The molecule has 2 rings (SSSR count). The van der Waals surface area contributed by atoms with Gasteiger partial charge in [0.25, 0.3) is 0 Å². The highest BCUT2D eigenvalue weighted by Crippen LogP contribution is 2.34. The third kappa shape index (κ3) is 2.58. The fourth-order valence-electron chi connectivity index (χ4n) is 2.13. The molecule has 0 aliphatic carbocycles. The number of hydrogen-bond donors (Lipinski definition) is 1. The van der Waals surface area contributed by atoms with E-state index in [0.29, 0.717) is 0 Å². The van der Waals surface area contributed by atoms with E-state index in [1.807, 2.05) is 0 Å². The summed E-state index contributed by atoms with van der Waals surface area (Å²) in [6.07, 6.45) is -2.70. The van der Waals surface area contributed by atoms with Crippen LogP contribution in [0.2, 0.25) is 0 Å². The summed E-state index contributed by atoms with van der Waals surface area (Å²) in [6, 6.07) is 16.2. The molecule has 0 aromatic heterocycles. The van der Waals surface area contributed by atoms with Gasteiger partial charge in [0.2, 0.25) is 5.60 Å². The molecule has 0 amide bonds. The van der Waals surface area contributed by atoms with E-state index in [4.69, 9.17) is 11.6 Å². The summed E-state index contributed by atoms with van der Waals surface area (Å²) in [5.41, 5.74) is -1.47. The Kier molecular flexibility index (Phi) is 2.83. The average Bonchev–Trinajstić information content (AvgIpc) is 2.56. The lowest BCUT2D eigenvalue weighted by Crippen LogP contribution is -2.40. The van der Waals surface area contributed by atoms with Gasteiger partial charge in [-0.3, -0.25) is 0 Å². The number of benzene rings is 2. The zero-order valence-electron chi connectivity index (χ0n) is 15.7. The summed E-state index contributed by atoms with van der Waals surface area (Å²) in [7, 11) is 0. The van der Waals surface area contributed by atoms with Crippen molar-refractivity contribution in [2.75, 3.05) is 6.61 Å². The minimum Gasteiger partial charge on any atom is -0.479 e. The first-order valence-corrected chi connectivity index (χ1v) is 6.10. The molecule has 0 unspecified atom stereocenters. The molecule has 3 nitrogen and oxygen atoms in total. The molecule has 0 aliphatic heterocycles. The standard InChI is InChI=1S/C17H18O3/c1-2-13-20-17(16(18)19,14-9-5-3-6-10-14)15-11-7-4-8-12-15/h3-12H,2,13H2,1H3,(H,18,19)/i1D3,2D2. The van der Waals surface area contributed by atoms with Crippen LogP contribution in [0.5, 0.6) is 0 Å². The molecule has 0 saturated carbocycles. The Hall–Kier alpha value is -2.13. The summed E-state index contributed by atoms with van der Waals surface area (Å²) < 4.78 is 42.8. The van der Waals surface area contributed by atoms with Crippen molar-refractivity contribution in [2.45, 2.75) is 18.8 Å². The van der Waals surface area contributed by atoms with Crippen LogP contribution < -0.4 is 0 Å². The van der Waals surface area contributed by atoms with E-state index < -0.39 is 31.4 Å². The first kappa shape index (κ1) is 8.93. The van der Waals surface area contributed by atoms with Crippen molar-refractivity contribution in [1.29, 1.82) is 0 Å². The Morgan fingerprint density at radius 3 is 2.05 bits per heavy atom. The fourth-order valence-corrected chi connectivity index (χ4v) is 2.13. The molecule has 0 bridgehead atoms. The van der Waals surface area contributed by atoms with E-state index in [9.17, 15) is 9.90 Å². The molecule has 1 N–H and O–H groups in total. The van der Waals surface area contributed by atoms with Crippen molar-refractivity contribution < 1.29 is 21.5 Å². The van der Waals surface area contributed by atoms with Crippen LogP contribution in [0.25, 0.3) is 0 Å². The highest BCUT2D eigenvalue weighted by Gasteiger charge is 2.43. The molecule has 3 heteroatoms. The van der Waals surface area contributed by atoms with Gasteiger partial charge in [-0.25, -0.2) is 4.79 Å². The molecule has 0 atom stereocenters. The van der Waals surface area contributed by atoms with Gasteiger partial charge >= 0.3 is 5.97 Å². The predicted octanol–water partition coefficient (Wildman–Crippen LogP) is 3.44. The van der Waals surface area contributed by atoms with Gasteiger partial charge in [-0.05, 0) is 17.5 Å². The molecule has 20 heavy (non-hydrogen) atoms. The Balaban J connectivity index is 2.55. The van der Waals surface area contributed by atoms with Crippen molar-refractivity contribution in [3.05, 3.63) is 71.8 Å². The average molecular weight is 275 g/mol. The number of aliphatic carboxylic acids is 1. The van der Waals surface area contributed by atoms with Gasteiger partial charge in [0, 0.05) is 13.5 Å².